The molecular weight excluding hydrogens is 234 g/mol. The molecule has 1 aromatic rings. The van der Waals surface area contributed by atoms with E-state index in [4.69, 9.17) is 16.7 Å². The summed E-state index contributed by atoms with van der Waals surface area (Å²) in [6, 6.07) is 1.91. The van der Waals surface area contributed by atoms with Crippen LogP contribution < -0.4 is 0 Å². The molecule has 1 N–H and O–H groups in total. The minimum absolute atomic E-state index is 0.342. The van der Waals surface area contributed by atoms with Gasteiger partial charge >= 0.3 is 5.97 Å². The van der Waals surface area contributed by atoms with Crippen molar-refractivity contribution in [1.29, 1.82) is 0 Å². The fraction of sp³-hybridized carbons (Fsp3) is 0.500. The van der Waals surface area contributed by atoms with E-state index in [9.17, 15) is 4.79 Å². The minimum atomic E-state index is -0.758. The number of hydrogen-bond donors (Lipinski definition) is 1. The lowest BCUT2D eigenvalue weighted by atomic mass is 10.2. The first kappa shape index (κ1) is 12.5. The largest absolute Gasteiger partial charge is 0.481 e. The predicted molar refractivity (Wildman–Crippen MR) is 62.5 cm³/mol. The molecule has 0 fully saturated rings. The highest BCUT2D eigenvalue weighted by Gasteiger charge is 2.13. The SMILES string of the molecule is CC(CN(C)Cc1cc(Cl)cs1)C(=O)O. The zero-order valence-electron chi connectivity index (χ0n) is 8.74. The Hall–Kier alpha value is -0.580. The van der Waals surface area contributed by atoms with E-state index in [0.29, 0.717) is 6.54 Å². The lowest BCUT2D eigenvalue weighted by molar-refractivity contribution is -0.141. The zero-order valence-corrected chi connectivity index (χ0v) is 10.3. The van der Waals surface area contributed by atoms with Crippen LogP contribution in [0.1, 0.15) is 11.8 Å². The molecule has 15 heavy (non-hydrogen) atoms. The first-order valence-electron chi connectivity index (χ1n) is 4.63. The summed E-state index contributed by atoms with van der Waals surface area (Å²) < 4.78 is 0. The van der Waals surface area contributed by atoms with Gasteiger partial charge in [-0.25, -0.2) is 0 Å². The van der Waals surface area contributed by atoms with E-state index < -0.39 is 5.97 Å². The number of aliphatic carboxylic acids is 1. The van der Waals surface area contributed by atoms with Crippen LogP contribution in [0.15, 0.2) is 11.4 Å². The maximum Gasteiger partial charge on any atom is 0.307 e. The van der Waals surface area contributed by atoms with Crippen molar-refractivity contribution in [3.8, 4) is 0 Å². The molecule has 5 heteroatoms. The van der Waals surface area contributed by atoms with Gasteiger partial charge in [-0.05, 0) is 13.1 Å². The first-order chi connectivity index (χ1) is 6.99. The molecule has 1 rings (SSSR count). The summed E-state index contributed by atoms with van der Waals surface area (Å²) in [5, 5.41) is 11.4. The van der Waals surface area contributed by atoms with E-state index >= 15 is 0 Å². The van der Waals surface area contributed by atoms with Crippen LogP contribution in [0, 0.1) is 5.92 Å². The highest BCUT2D eigenvalue weighted by atomic mass is 35.5. The summed E-state index contributed by atoms with van der Waals surface area (Å²) in [5.74, 6) is -1.10. The van der Waals surface area contributed by atoms with Crippen molar-refractivity contribution in [1.82, 2.24) is 4.90 Å². The third-order valence-corrected chi connectivity index (χ3v) is 3.32. The fourth-order valence-electron chi connectivity index (χ4n) is 1.31. The number of rotatable bonds is 5. The monoisotopic (exact) mass is 247 g/mol. The third-order valence-electron chi connectivity index (χ3n) is 2.05. The second kappa shape index (κ2) is 5.49. The van der Waals surface area contributed by atoms with Crippen LogP contribution in [-0.4, -0.2) is 29.6 Å². The van der Waals surface area contributed by atoms with Gasteiger partial charge in [0.05, 0.1) is 10.9 Å². The molecule has 0 spiro atoms. The number of hydrogen-bond acceptors (Lipinski definition) is 3. The fourth-order valence-corrected chi connectivity index (χ4v) is 2.46. The Morgan fingerprint density at radius 3 is 2.87 bits per heavy atom. The number of halogens is 1. The van der Waals surface area contributed by atoms with Gasteiger partial charge in [0.15, 0.2) is 0 Å². The molecule has 1 heterocycles. The van der Waals surface area contributed by atoms with Crippen LogP contribution in [0.25, 0.3) is 0 Å². The Balaban J connectivity index is 2.42. The second-order valence-corrected chi connectivity index (χ2v) is 5.10. The van der Waals surface area contributed by atoms with Gasteiger partial charge in [-0.1, -0.05) is 18.5 Å². The van der Waals surface area contributed by atoms with Crippen molar-refractivity contribution in [3.05, 3.63) is 21.3 Å². The average Bonchev–Trinajstić information content (AvgIpc) is 2.50. The molecule has 0 aliphatic heterocycles. The molecule has 1 aromatic heterocycles. The highest BCUT2D eigenvalue weighted by molar-refractivity contribution is 7.10. The number of carboxylic acids is 1. The molecule has 84 valence electrons. The maximum absolute atomic E-state index is 10.6. The molecule has 0 saturated heterocycles. The van der Waals surface area contributed by atoms with Crippen LogP contribution in [0.3, 0.4) is 0 Å². The molecule has 0 bridgehead atoms. The van der Waals surface area contributed by atoms with Crippen molar-refractivity contribution in [2.45, 2.75) is 13.5 Å². The molecule has 1 unspecified atom stereocenters. The van der Waals surface area contributed by atoms with Gasteiger partial charge < -0.3 is 10.0 Å². The van der Waals surface area contributed by atoms with Crippen molar-refractivity contribution in [2.24, 2.45) is 5.92 Å². The van der Waals surface area contributed by atoms with E-state index in [1.54, 1.807) is 18.3 Å². The van der Waals surface area contributed by atoms with Crippen molar-refractivity contribution in [3.63, 3.8) is 0 Å². The summed E-state index contributed by atoms with van der Waals surface area (Å²) in [6.45, 7) is 3.00. The van der Waals surface area contributed by atoms with Gasteiger partial charge in [0.2, 0.25) is 0 Å². The lowest BCUT2D eigenvalue weighted by Crippen LogP contribution is -2.27. The standard InChI is InChI=1S/C10H14ClNO2S/c1-7(10(13)14)4-12(2)5-9-3-8(11)6-15-9/h3,6-7H,4-5H2,1-2H3,(H,13,14). The Morgan fingerprint density at radius 1 is 1.73 bits per heavy atom. The summed E-state index contributed by atoms with van der Waals surface area (Å²) in [4.78, 5) is 13.8. The Bertz CT molecular complexity index is 340. The topological polar surface area (TPSA) is 40.5 Å². The van der Waals surface area contributed by atoms with Gasteiger partial charge in [-0.2, -0.15) is 0 Å². The van der Waals surface area contributed by atoms with Crippen LogP contribution in [0.4, 0.5) is 0 Å². The van der Waals surface area contributed by atoms with Crippen LogP contribution in [0.5, 0.6) is 0 Å². The van der Waals surface area contributed by atoms with E-state index in [2.05, 4.69) is 0 Å². The van der Waals surface area contributed by atoms with Gasteiger partial charge in [-0.3, -0.25) is 4.79 Å². The molecule has 0 aliphatic rings. The van der Waals surface area contributed by atoms with E-state index in [-0.39, 0.29) is 5.92 Å². The lowest BCUT2D eigenvalue weighted by Gasteiger charge is -2.17. The molecule has 0 aliphatic carbocycles. The summed E-state index contributed by atoms with van der Waals surface area (Å²) in [7, 11) is 1.91. The van der Waals surface area contributed by atoms with Crippen molar-refractivity contribution in [2.75, 3.05) is 13.6 Å². The molecular formula is C10H14ClNO2S. The minimum Gasteiger partial charge on any atom is -0.481 e. The molecule has 0 saturated carbocycles. The van der Waals surface area contributed by atoms with E-state index in [0.717, 1.165) is 16.4 Å². The predicted octanol–water partition coefficient (Wildman–Crippen LogP) is 2.55. The number of nitrogens with zero attached hydrogens (tertiary/aromatic N) is 1. The second-order valence-electron chi connectivity index (χ2n) is 3.67. The summed E-state index contributed by atoms with van der Waals surface area (Å²) in [6.07, 6.45) is 0. The molecule has 0 amide bonds. The summed E-state index contributed by atoms with van der Waals surface area (Å²) in [5.41, 5.74) is 0. The first-order valence-corrected chi connectivity index (χ1v) is 5.89. The molecule has 3 nitrogen and oxygen atoms in total. The molecule has 1 atom stereocenters. The zero-order chi connectivity index (χ0) is 11.4. The normalized spacial score (nSPS) is 13.1. The Labute approximate surface area is 98.3 Å². The van der Waals surface area contributed by atoms with Gasteiger partial charge in [-0.15, -0.1) is 11.3 Å². The van der Waals surface area contributed by atoms with Crippen LogP contribution in [-0.2, 0) is 11.3 Å². The number of carbonyl (C=O) groups is 1. The third kappa shape index (κ3) is 4.20. The number of thiophene rings is 1. The van der Waals surface area contributed by atoms with Crippen LogP contribution in [0.2, 0.25) is 5.02 Å². The average molecular weight is 248 g/mol. The van der Waals surface area contributed by atoms with E-state index in [1.165, 1.54) is 0 Å². The summed E-state index contributed by atoms with van der Waals surface area (Å²) >= 11 is 7.39. The molecule has 0 radical (unpaired) electrons. The van der Waals surface area contributed by atoms with Crippen LogP contribution >= 0.6 is 22.9 Å². The molecule has 0 aromatic carbocycles. The van der Waals surface area contributed by atoms with E-state index in [1.807, 2.05) is 23.4 Å². The van der Waals surface area contributed by atoms with Gasteiger partial charge in [0.1, 0.15) is 0 Å². The Kier molecular flexibility index (Phi) is 4.57. The maximum atomic E-state index is 10.6. The highest BCUT2D eigenvalue weighted by Crippen LogP contribution is 2.20. The quantitative estimate of drug-likeness (QED) is 0.870. The van der Waals surface area contributed by atoms with Crippen molar-refractivity contribution >= 4 is 28.9 Å². The van der Waals surface area contributed by atoms with Crippen molar-refractivity contribution < 1.29 is 9.90 Å². The smallest absolute Gasteiger partial charge is 0.307 e. The van der Waals surface area contributed by atoms with Gasteiger partial charge in [0, 0.05) is 23.3 Å². The van der Waals surface area contributed by atoms with Gasteiger partial charge in [0.25, 0.3) is 0 Å². The Morgan fingerprint density at radius 2 is 2.40 bits per heavy atom. The number of carboxylic acid groups (broad SMARTS) is 1.